The highest BCUT2D eigenvalue weighted by Gasteiger charge is 2.45. The van der Waals surface area contributed by atoms with Crippen molar-refractivity contribution < 1.29 is 32.3 Å². The van der Waals surface area contributed by atoms with E-state index in [0.717, 1.165) is 4.31 Å². The number of amides is 2. The minimum Gasteiger partial charge on any atom is -0.456 e. The smallest absolute Gasteiger partial charge is 0.410 e. The standard InChI is InChI=1S/C25H31N3O7S2/c1-24(2,3)34-22(30)19-16-11-14(12-28-21(29)15-9-7-8-10-18(15)37(28,32)33)27(13-17(16)36-20(19)26)23(31)35-25(4,5)6/h7-10,14H,11-13,26H2,1-6H3. The fourth-order valence-electron chi connectivity index (χ4n) is 4.36. The molecule has 2 aliphatic heterocycles. The molecule has 2 aliphatic rings. The minimum absolute atomic E-state index is 0.0433. The molecule has 0 fully saturated rings. The van der Waals surface area contributed by atoms with Gasteiger partial charge in [-0.25, -0.2) is 22.3 Å². The first-order valence-electron chi connectivity index (χ1n) is 11.8. The van der Waals surface area contributed by atoms with E-state index in [1.165, 1.54) is 28.4 Å². The molecule has 0 bridgehead atoms. The topological polar surface area (TPSA) is 136 Å². The number of esters is 1. The van der Waals surface area contributed by atoms with Crippen LogP contribution in [-0.2, 0) is 32.5 Å². The molecular formula is C25H31N3O7S2. The predicted octanol–water partition coefficient (Wildman–Crippen LogP) is 3.79. The number of nitrogen functional groups attached to an aromatic ring is 1. The van der Waals surface area contributed by atoms with Crippen LogP contribution < -0.4 is 5.73 Å². The number of hydrogen-bond acceptors (Lipinski definition) is 9. The van der Waals surface area contributed by atoms with Crippen LogP contribution in [0.2, 0.25) is 0 Å². The number of hydrogen-bond donors (Lipinski definition) is 1. The van der Waals surface area contributed by atoms with Crippen molar-refractivity contribution in [2.45, 2.75) is 76.6 Å². The Morgan fingerprint density at radius 2 is 1.70 bits per heavy atom. The number of carbonyl (C=O) groups excluding carboxylic acids is 3. The van der Waals surface area contributed by atoms with E-state index in [2.05, 4.69) is 0 Å². The van der Waals surface area contributed by atoms with E-state index in [9.17, 15) is 22.8 Å². The van der Waals surface area contributed by atoms with Crippen molar-refractivity contribution in [1.29, 1.82) is 0 Å². The number of nitrogens with two attached hydrogens (primary N) is 1. The number of rotatable bonds is 3. The third kappa shape index (κ3) is 5.17. The average molecular weight is 550 g/mol. The number of benzene rings is 1. The molecule has 200 valence electrons. The first kappa shape index (κ1) is 26.9. The molecule has 0 spiro atoms. The SMILES string of the molecule is CC(C)(C)OC(=O)c1c(N)sc2c1CC(CN1C(=O)c3ccccc3S1(=O)=O)N(C(=O)OC(C)(C)C)C2. The molecule has 1 unspecified atom stereocenters. The second-order valence-corrected chi connectivity index (χ2v) is 14.0. The third-order valence-electron chi connectivity index (χ3n) is 5.83. The fraction of sp³-hybridized carbons (Fsp3) is 0.480. The molecule has 4 rings (SSSR count). The van der Waals surface area contributed by atoms with Gasteiger partial charge in [0.25, 0.3) is 15.9 Å². The molecule has 2 N–H and O–H groups in total. The Morgan fingerprint density at radius 1 is 1.08 bits per heavy atom. The zero-order valence-corrected chi connectivity index (χ0v) is 23.3. The summed E-state index contributed by atoms with van der Waals surface area (Å²) < 4.78 is 38.4. The van der Waals surface area contributed by atoms with Gasteiger partial charge in [0.15, 0.2) is 0 Å². The van der Waals surface area contributed by atoms with Crippen LogP contribution in [0.4, 0.5) is 9.80 Å². The average Bonchev–Trinajstić information content (AvgIpc) is 3.17. The van der Waals surface area contributed by atoms with Gasteiger partial charge in [-0.15, -0.1) is 11.3 Å². The van der Waals surface area contributed by atoms with Gasteiger partial charge < -0.3 is 15.2 Å². The first-order valence-corrected chi connectivity index (χ1v) is 14.0. The van der Waals surface area contributed by atoms with Crippen LogP contribution in [0.15, 0.2) is 29.2 Å². The van der Waals surface area contributed by atoms with E-state index in [4.69, 9.17) is 15.2 Å². The number of fused-ring (bicyclic) bond motifs is 2. The van der Waals surface area contributed by atoms with Gasteiger partial charge in [-0.05, 0) is 65.7 Å². The summed E-state index contributed by atoms with van der Waals surface area (Å²) >= 11 is 1.17. The summed E-state index contributed by atoms with van der Waals surface area (Å²) in [6.07, 6.45) is -0.567. The summed E-state index contributed by atoms with van der Waals surface area (Å²) in [5, 5.41) is 0.251. The Labute approximate surface area is 220 Å². The second-order valence-electron chi connectivity index (χ2n) is 11.0. The van der Waals surface area contributed by atoms with Crippen LogP contribution in [0.5, 0.6) is 0 Å². The van der Waals surface area contributed by atoms with Gasteiger partial charge in [-0.3, -0.25) is 9.69 Å². The van der Waals surface area contributed by atoms with E-state index in [1.807, 2.05) is 0 Å². The second kappa shape index (κ2) is 9.02. The molecule has 0 aliphatic carbocycles. The number of anilines is 1. The molecule has 2 aromatic rings. The zero-order valence-electron chi connectivity index (χ0n) is 21.7. The number of nitrogens with zero attached hydrogens (tertiary/aromatic N) is 2. The van der Waals surface area contributed by atoms with Crippen LogP contribution >= 0.6 is 11.3 Å². The van der Waals surface area contributed by atoms with Crippen molar-refractivity contribution in [3.63, 3.8) is 0 Å². The minimum atomic E-state index is -4.11. The number of ether oxygens (including phenoxy) is 2. The molecule has 0 radical (unpaired) electrons. The summed E-state index contributed by atoms with van der Waals surface area (Å²) in [4.78, 5) is 41.3. The highest BCUT2D eigenvalue weighted by Crippen LogP contribution is 2.40. The zero-order chi connectivity index (χ0) is 27.5. The highest BCUT2D eigenvalue weighted by molar-refractivity contribution is 7.90. The van der Waals surface area contributed by atoms with Crippen LogP contribution in [0.3, 0.4) is 0 Å². The van der Waals surface area contributed by atoms with Crippen molar-refractivity contribution in [2.24, 2.45) is 0 Å². The molecule has 37 heavy (non-hydrogen) atoms. The largest absolute Gasteiger partial charge is 0.456 e. The van der Waals surface area contributed by atoms with Gasteiger partial charge in [0.1, 0.15) is 21.1 Å². The lowest BCUT2D eigenvalue weighted by Crippen LogP contribution is -2.52. The monoisotopic (exact) mass is 549 g/mol. The van der Waals surface area contributed by atoms with Crippen LogP contribution in [0.25, 0.3) is 0 Å². The van der Waals surface area contributed by atoms with E-state index < -0.39 is 45.2 Å². The molecule has 1 atom stereocenters. The van der Waals surface area contributed by atoms with Gasteiger partial charge in [0, 0.05) is 4.88 Å². The number of carbonyl (C=O) groups is 3. The third-order valence-corrected chi connectivity index (χ3v) is 8.68. The first-order chi connectivity index (χ1) is 17.0. The van der Waals surface area contributed by atoms with Crippen molar-refractivity contribution in [3.05, 3.63) is 45.8 Å². The van der Waals surface area contributed by atoms with Crippen molar-refractivity contribution in [3.8, 4) is 0 Å². The van der Waals surface area contributed by atoms with Crippen LogP contribution in [0.1, 0.15) is 72.7 Å². The fourth-order valence-corrected chi connectivity index (χ4v) is 7.05. The van der Waals surface area contributed by atoms with E-state index in [-0.39, 0.29) is 40.5 Å². The number of thiophene rings is 1. The van der Waals surface area contributed by atoms with Gasteiger partial charge in [0.05, 0.1) is 30.3 Å². The summed E-state index contributed by atoms with van der Waals surface area (Å²) in [6, 6.07) is 5.18. The lowest BCUT2D eigenvalue weighted by molar-refractivity contribution is 0.00660. The van der Waals surface area contributed by atoms with Crippen LogP contribution in [-0.4, -0.2) is 59.4 Å². The van der Waals surface area contributed by atoms with E-state index in [1.54, 1.807) is 53.7 Å². The molecule has 0 saturated heterocycles. The Hall–Kier alpha value is -3.12. The number of sulfonamides is 1. The summed E-state index contributed by atoms with van der Waals surface area (Å²) in [7, 11) is -4.11. The lowest BCUT2D eigenvalue weighted by Gasteiger charge is -2.38. The maximum atomic E-state index is 13.2. The van der Waals surface area contributed by atoms with Crippen molar-refractivity contribution >= 4 is 44.3 Å². The van der Waals surface area contributed by atoms with Crippen LogP contribution in [0, 0.1) is 0 Å². The molecule has 12 heteroatoms. The highest BCUT2D eigenvalue weighted by atomic mass is 32.2. The lowest BCUT2D eigenvalue weighted by atomic mass is 9.96. The summed E-state index contributed by atoms with van der Waals surface area (Å²) in [6.45, 7) is 10.1. The molecule has 3 heterocycles. The predicted molar refractivity (Wildman–Crippen MR) is 138 cm³/mol. The Morgan fingerprint density at radius 3 is 2.30 bits per heavy atom. The molecule has 1 aromatic carbocycles. The van der Waals surface area contributed by atoms with Crippen molar-refractivity contribution in [2.75, 3.05) is 12.3 Å². The quantitative estimate of drug-likeness (QED) is 0.571. The van der Waals surface area contributed by atoms with E-state index >= 15 is 0 Å². The Kier molecular flexibility index (Phi) is 6.56. The maximum absolute atomic E-state index is 13.2. The summed E-state index contributed by atoms with van der Waals surface area (Å²) in [5.41, 5.74) is 5.54. The van der Waals surface area contributed by atoms with Gasteiger partial charge in [-0.2, -0.15) is 0 Å². The maximum Gasteiger partial charge on any atom is 0.410 e. The summed E-state index contributed by atoms with van der Waals surface area (Å²) in [5.74, 6) is -1.26. The van der Waals surface area contributed by atoms with Crippen molar-refractivity contribution in [1.82, 2.24) is 9.21 Å². The molecule has 10 nitrogen and oxygen atoms in total. The Bertz CT molecular complexity index is 1380. The van der Waals surface area contributed by atoms with Gasteiger partial charge >= 0.3 is 12.1 Å². The van der Waals surface area contributed by atoms with E-state index in [0.29, 0.717) is 10.4 Å². The van der Waals surface area contributed by atoms with Gasteiger partial charge in [0.2, 0.25) is 0 Å². The van der Waals surface area contributed by atoms with Gasteiger partial charge in [-0.1, -0.05) is 12.1 Å². The Balaban J connectivity index is 1.73. The molecule has 0 saturated carbocycles. The normalized spacial score (nSPS) is 18.9. The molecule has 1 aromatic heterocycles. The molecule has 2 amide bonds. The molecular weight excluding hydrogens is 518 g/mol.